The largest absolute Gasteiger partial charge is 0.238 e. The van der Waals surface area contributed by atoms with Gasteiger partial charge in [0.1, 0.15) is 0 Å². The molecule has 4 nitrogen and oxygen atoms in total. The molecular formula is C51H40N4. The fourth-order valence-electron chi connectivity index (χ4n) is 11.5. The lowest BCUT2D eigenvalue weighted by molar-refractivity contribution is -0.0399. The molecule has 4 bridgehead atoms. The highest BCUT2D eigenvalue weighted by Crippen LogP contribution is 2.71. The van der Waals surface area contributed by atoms with E-state index in [1.54, 1.807) is 0 Å². The van der Waals surface area contributed by atoms with Crippen molar-refractivity contribution in [3.05, 3.63) is 168 Å². The van der Waals surface area contributed by atoms with Crippen molar-refractivity contribution in [3.63, 3.8) is 0 Å². The lowest BCUT2D eigenvalue weighted by Gasteiger charge is -2.61. The topological polar surface area (TPSA) is 43.0 Å². The first-order valence-corrected chi connectivity index (χ1v) is 19.8. The molecule has 6 aromatic carbocycles. The summed E-state index contributed by atoms with van der Waals surface area (Å²) in [6.07, 6.45) is 6.77. The molecular weight excluding hydrogens is 669 g/mol. The van der Waals surface area contributed by atoms with E-state index in [2.05, 4.69) is 103 Å². The molecule has 1 spiro atoms. The minimum atomic E-state index is 0.0282. The first kappa shape index (κ1) is 32.3. The summed E-state index contributed by atoms with van der Waals surface area (Å²) in [5.74, 6) is 5.05. The zero-order valence-corrected chi connectivity index (χ0v) is 30.9. The number of nitrogens with zero attached hydrogens (tertiary/aromatic N) is 4. The van der Waals surface area contributed by atoms with Crippen molar-refractivity contribution in [2.75, 3.05) is 0 Å². The summed E-state index contributed by atoms with van der Waals surface area (Å²) in [7, 11) is 0. The van der Waals surface area contributed by atoms with E-state index in [1.165, 1.54) is 76.6 Å². The van der Waals surface area contributed by atoms with Crippen molar-refractivity contribution in [3.8, 4) is 67.5 Å². The fourth-order valence-corrected chi connectivity index (χ4v) is 11.5. The van der Waals surface area contributed by atoms with Gasteiger partial charge in [0.05, 0.1) is 6.57 Å². The Hall–Kier alpha value is -6.18. The van der Waals surface area contributed by atoms with Crippen LogP contribution in [0, 0.1) is 37.2 Å². The van der Waals surface area contributed by atoms with E-state index in [1.807, 2.05) is 48.5 Å². The van der Waals surface area contributed by atoms with Crippen LogP contribution in [-0.2, 0) is 5.41 Å². The zero-order valence-electron chi connectivity index (χ0n) is 30.9. The van der Waals surface area contributed by atoms with Gasteiger partial charge in [0.25, 0.3) is 0 Å². The standard InChI is InChI=1S/C51H40N4/c1-31-19-24-44-47(45(31)38-15-9-16-41(30-38)52-2)46-42(17-10-18-43(46)51(44)39-26-32-25-33(28-39)29-40(51)27-32)34-20-22-37(23-21-34)50-54-48(35-11-5-3-6-12-35)53-49(55-50)36-13-7-4-8-14-36/h3-24,30,32-33,39-40H,25-29H2,1H3. The summed E-state index contributed by atoms with van der Waals surface area (Å²) in [5, 5.41) is 0. The molecule has 0 radical (unpaired) electrons. The molecule has 0 amide bonds. The molecule has 1 heterocycles. The number of hydrogen-bond donors (Lipinski definition) is 0. The maximum atomic E-state index is 7.84. The maximum absolute atomic E-state index is 7.84. The van der Waals surface area contributed by atoms with Gasteiger partial charge in [-0.3, -0.25) is 0 Å². The number of aryl methyl sites for hydroxylation is 1. The molecule has 5 aliphatic rings. The molecule has 4 saturated carbocycles. The van der Waals surface area contributed by atoms with Gasteiger partial charge in [0.15, 0.2) is 23.2 Å². The smallest absolute Gasteiger partial charge is 0.187 e. The molecule has 0 aliphatic heterocycles. The van der Waals surface area contributed by atoms with E-state index in [9.17, 15) is 0 Å². The van der Waals surface area contributed by atoms with Crippen LogP contribution in [-0.4, -0.2) is 15.0 Å². The lowest BCUT2D eigenvalue weighted by atomic mass is 9.43. The highest BCUT2D eigenvalue weighted by molar-refractivity contribution is 6.01. The molecule has 5 aliphatic carbocycles. The third-order valence-electron chi connectivity index (χ3n) is 13.5. The molecule has 55 heavy (non-hydrogen) atoms. The highest BCUT2D eigenvalue weighted by atomic mass is 15.0. The van der Waals surface area contributed by atoms with Crippen molar-refractivity contribution in [2.45, 2.75) is 44.4 Å². The molecule has 264 valence electrons. The summed E-state index contributed by atoms with van der Waals surface area (Å²) < 4.78 is 0. The summed E-state index contributed by atoms with van der Waals surface area (Å²) >= 11 is 0. The van der Waals surface area contributed by atoms with E-state index in [0.29, 0.717) is 35.0 Å². The normalized spacial score (nSPS) is 22.7. The molecule has 7 aromatic rings. The highest BCUT2D eigenvalue weighted by Gasteiger charge is 2.62. The van der Waals surface area contributed by atoms with Crippen molar-refractivity contribution in [1.82, 2.24) is 15.0 Å². The second-order valence-corrected chi connectivity index (χ2v) is 16.4. The van der Waals surface area contributed by atoms with Crippen molar-refractivity contribution in [1.29, 1.82) is 0 Å². The molecule has 4 fully saturated rings. The van der Waals surface area contributed by atoms with Gasteiger partial charge in [0, 0.05) is 22.1 Å². The molecule has 0 unspecified atom stereocenters. The third-order valence-corrected chi connectivity index (χ3v) is 13.5. The maximum Gasteiger partial charge on any atom is 0.187 e. The lowest BCUT2D eigenvalue weighted by Crippen LogP contribution is -2.55. The van der Waals surface area contributed by atoms with Gasteiger partial charge in [-0.1, -0.05) is 133 Å². The Morgan fingerprint density at radius 2 is 1.02 bits per heavy atom. The van der Waals surface area contributed by atoms with E-state index in [-0.39, 0.29) is 5.41 Å². The van der Waals surface area contributed by atoms with Gasteiger partial charge >= 0.3 is 0 Å². The van der Waals surface area contributed by atoms with E-state index in [4.69, 9.17) is 21.5 Å². The Bertz CT molecular complexity index is 2590. The van der Waals surface area contributed by atoms with E-state index < -0.39 is 0 Å². The van der Waals surface area contributed by atoms with Crippen LogP contribution in [0.4, 0.5) is 5.69 Å². The van der Waals surface area contributed by atoms with Crippen LogP contribution in [0.1, 0.15) is 48.8 Å². The summed E-state index contributed by atoms with van der Waals surface area (Å²) in [6.45, 7) is 10.1. The predicted octanol–water partition coefficient (Wildman–Crippen LogP) is 12.8. The summed E-state index contributed by atoms with van der Waals surface area (Å²) in [5.41, 5.74) is 15.6. The van der Waals surface area contributed by atoms with Crippen LogP contribution in [0.2, 0.25) is 0 Å². The first-order valence-electron chi connectivity index (χ1n) is 19.8. The van der Waals surface area contributed by atoms with Crippen molar-refractivity contribution >= 4 is 5.69 Å². The van der Waals surface area contributed by atoms with Crippen molar-refractivity contribution < 1.29 is 0 Å². The second kappa shape index (κ2) is 12.4. The predicted molar refractivity (Wildman–Crippen MR) is 221 cm³/mol. The van der Waals surface area contributed by atoms with Gasteiger partial charge in [-0.15, -0.1) is 0 Å². The molecule has 0 atom stereocenters. The van der Waals surface area contributed by atoms with Crippen LogP contribution >= 0.6 is 0 Å². The van der Waals surface area contributed by atoms with Gasteiger partial charge in [0.2, 0.25) is 0 Å². The van der Waals surface area contributed by atoms with Crippen LogP contribution in [0.3, 0.4) is 0 Å². The van der Waals surface area contributed by atoms with Gasteiger partial charge in [-0.25, -0.2) is 19.8 Å². The second-order valence-electron chi connectivity index (χ2n) is 16.4. The average molecular weight is 709 g/mol. The average Bonchev–Trinajstić information content (AvgIpc) is 3.54. The van der Waals surface area contributed by atoms with Crippen LogP contribution < -0.4 is 0 Å². The minimum Gasteiger partial charge on any atom is -0.238 e. The zero-order chi connectivity index (χ0) is 36.7. The van der Waals surface area contributed by atoms with Gasteiger partial charge in [-0.05, 0) is 119 Å². The Morgan fingerprint density at radius 3 is 1.62 bits per heavy atom. The first-order chi connectivity index (χ1) is 27.1. The summed E-state index contributed by atoms with van der Waals surface area (Å²) in [6, 6.07) is 49.5. The molecule has 4 heteroatoms. The SMILES string of the molecule is [C-]#[N+]c1cccc(-c2c(C)ccc3c2-c2c(-c4ccc(-c5nc(-c6ccccc6)nc(-c6ccccc6)n5)cc4)cccc2C32C3CC4CC(C3)CC2C4)c1. The number of benzene rings is 6. The Balaban J connectivity index is 1.09. The number of rotatable bonds is 5. The third kappa shape index (κ3) is 4.92. The molecule has 0 N–H and O–H groups in total. The Morgan fingerprint density at radius 1 is 0.491 bits per heavy atom. The monoisotopic (exact) mass is 708 g/mol. The van der Waals surface area contributed by atoms with Crippen LogP contribution in [0.5, 0.6) is 0 Å². The Kier molecular flexibility index (Phi) is 7.29. The molecule has 12 rings (SSSR count). The van der Waals surface area contributed by atoms with Crippen LogP contribution in [0.15, 0.2) is 140 Å². The fraction of sp³-hybridized carbons (Fsp3) is 0.216. The van der Waals surface area contributed by atoms with Crippen LogP contribution in [0.25, 0.3) is 72.4 Å². The number of aromatic nitrogens is 3. The quantitative estimate of drug-likeness (QED) is 0.167. The molecule has 0 saturated heterocycles. The van der Waals surface area contributed by atoms with Crippen molar-refractivity contribution in [2.24, 2.45) is 23.7 Å². The minimum absolute atomic E-state index is 0.0282. The van der Waals surface area contributed by atoms with E-state index in [0.717, 1.165) is 34.1 Å². The number of hydrogen-bond acceptors (Lipinski definition) is 3. The molecule has 1 aromatic heterocycles. The number of fused-ring (bicyclic) bond motifs is 3. The van der Waals surface area contributed by atoms with Gasteiger partial charge < -0.3 is 0 Å². The summed E-state index contributed by atoms with van der Waals surface area (Å²) in [4.78, 5) is 18.8. The van der Waals surface area contributed by atoms with E-state index >= 15 is 0 Å². The van der Waals surface area contributed by atoms with Gasteiger partial charge in [-0.2, -0.15) is 0 Å². The Labute approximate surface area is 322 Å².